The van der Waals surface area contributed by atoms with E-state index in [1.54, 1.807) is 43.5 Å². The molecule has 0 radical (unpaired) electrons. The Bertz CT molecular complexity index is 1330. The molecule has 1 fully saturated rings. The molecule has 0 atom stereocenters. The molecule has 3 amide bonds. The van der Waals surface area contributed by atoms with E-state index < -0.39 is 6.03 Å². The van der Waals surface area contributed by atoms with E-state index in [1.165, 1.54) is 0 Å². The van der Waals surface area contributed by atoms with Gasteiger partial charge in [-0.2, -0.15) is 5.26 Å². The minimum atomic E-state index is -0.460. The van der Waals surface area contributed by atoms with Crippen LogP contribution in [0.5, 0.6) is 5.75 Å². The maximum absolute atomic E-state index is 13.1. The zero-order valence-electron chi connectivity index (χ0n) is 21.7. The molecule has 1 heterocycles. The van der Waals surface area contributed by atoms with Gasteiger partial charge >= 0.3 is 6.03 Å². The van der Waals surface area contributed by atoms with Gasteiger partial charge in [-0.3, -0.25) is 4.79 Å². The number of hydrogen-bond donors (Lipinski definition) is 3. The summed E-state index contributed by atoms with van der Waals surface area (Å²) in [5, 5.41) is 17.6. The van der Waals surface area contributed by atoms with E-state index in [1.807, 2.05) is 31.2 Å². The summed E-state index contributed by atoms with van der Waals surface area (Å²) in [6.07, 6.45) is 0.820. The number of benzene rings is 3. The number of para-hydroxylation sites is 2. The Balaban J connectivity index is 1.50. The van der Waals surface area contributed by atoms with Crippen LogP contribution < -0.4 is 30.5 Å². The number of urea groups is 1. The number of methoxy groups -OCH3 is 1. The van der Waals surface area contributed by atoms with Crippen LogP contribution in [0.25, 0.3) is 0 Å². The maximum atomic E-state index is 13.1. The molecule has 38 heavy (non-hydrogen) atoms. The molecule has 196 valence electrons. The van der Waals surface area contributed by atoms with Gasteiger partial charge in [0.05, 0.1) is 30.0 Å². The lowest BCUT2D eigenvalue weighted by Gasteiger charge is -2.38. The molecular weight excluding hydrogens is 480 g/mol. The number of nitriles is 1. The third kappa shape index (κ3) is 6.34. The quantitative estimate of drug-likeness (QED) is 0.404. The van der Waals surface area contributed by atoms with Crippen LogP contribution in [0.2, 0.25) is 0 Å². The highest BCUT2D eigenvalue weighted by molar-refractivity contribution is 6.04. The molecule has 3 aromatic rings. The standard InChI is InChI=1S/C29H32N6O3/c1-3-13-31-28(36)24-19-23(33-29(37)32-22-8-6-7-21(18-22)20-30)11-12-25(24)34-14-16-35(17-15-34)26-9-4-5-10-27(26)38-2/h4-12,18-19H,3,13-17H2,1-2H3,(H,31,36)(H2,32,33,37). The lowest BCUT2D eigenvalue weighted by Crippen LogP contribution is -2.47. The van der Waals surface area contributed by atoms with Crippen LogP contribution in [0.4, 0.5) is 27.5 Å². The molecule has 9 heteroatoms. The summed E-state index contributed by atoms with van der Waals surface area (Å²) >= 11 is 0. The summed E-state index contributed by atoms with van der Waals surface area (Å²) < 4.78 is 5.53. The first-order chi connectivity index (χ1) is 18.5. The second-order valence-electron chi connectivity index (χ2n) is 8.91. The van der Waals surface area contributed by atoms with Gasteiger partial charge in [-0.05, 0) is 55.0 Å². The Hall–Kier alpha value is -4.71. The predicted octanol–water partition coefficient (Wildman–Crippen LogP) is 4.68. The third-order valence-electron chi connectivity index (χ3n) is 6.33. The van der Waals surface area contributed by atoms with Gasteiger partial charge in [-0.1, -0.05) is 25.1 Å². The fourth-order valence-electron chi connectivity index (χ4n) is 4.44. The van der Waals surface area contributed by atoms with Crippen LogP contribution in [0.1, 0.15) is 29.3 Å². The lowest BCUT2D eigenvalue weighted by molar-refractivity contribution is 0.0954. The van der Waals surface area contributed by atoms with Crippen molar-refractivity contribution in [2.45, 2.75) is 13.3 Å². The number of amides is 3. The van der Waals surface area contributed by atoms with Gasteiger partial charge < -0.3 is 30.5 Å². The van der Waals surface area contributed by atoms with Gasteiger partial charge in [-0.15, -0.1) is 0 Å². The molecule has 0 aliphatic carbocycles. The predicted molar refractivity (Wildman–Crippen MR) is 150 cm³/mol. The summed E-state index contributed by atoms with van der Waals surface area (Å²) in [4.78, 5) is 30.2. The minimum Gasteiger partial charge on any atom is -0.495 e. The second kappa shape index (κ2) is 12.5. The number of hydrogen-bond acceptors (Lipinski definition) is 6. The van der Waals surface area contributed by atoms with E-state index in [4.69, 9.17) is 10.00 Å². The maximum Gasteiger partial charge on any atom is 0.323 e. The number of rotatable bonds is 8. The van der Waals surface area contributed by atoms with E-state index in [0.717, 1.165) is 49.7 Å². The van der Waals surface area contributed by atoms with Gasteiger partial charge in [0.15, 0.2) is 0 Å². The minimum absolute atomic E-state index is 0.181. The largest absolute Gasteiger partial charge is 0.495 e. The normalized spacial score (nSPS) is 12.9. The van der Waals surface area contributed by atoms with Gasteiger partial charge in [0.25, 0.3) is 5.91 Å². The lowest BCUT2D eigenvalue weighted by atomic mass is 10.1. The summed E-state index contributed by atoms with van der Waals surface area (Å²) in [6.45, 7) is 5.58. The molecule has 3 aromatic carbocycles. The molecule has 9 nitrogen and oxygen atoms in total. The molecule has 1 aliphatic heterocycles. The molecule has 4 rings (SSSR count). The van der Waals surface area contributed by atoms with Gasteiger partial charge in [0.1, 0.15) is 5.75 Å². The Labute approximate surface area is 223 Å². The molecular formula is C29H32N6O3. The van der Waals surface area contributed by atoms with Crippen molar-refractivity contribution < 1.29 is 14.3 Å². The fraction of sp³-hybridized carbons (Fsp3) is 0.276. The highest BCUT2D eigenvalue weighted by Crippen LogP contribution is 2.31. The summed E-state index contributed by atoms with van der Waals surface area (Å²) in [5.74, 6) is 0.661. The molecule has 0 aromatic heterocycles. The van der Waals surface area contributed by atoms with Crippen LogP contribution >= 0.6 is 0 Å². The third-order valence-corrected chi connectivity index (χ3v) is 6.33. The highest BCUT2D eigenvalue weighted by atomic mass is 16.5. The van der Waals surface area contributed by atoms with Crippen molar-refractivity contribution in [3.8, 4) is 11.8 Å². The number of carbonyl (C=O) groups excluding carboxylic acids is 2. The van der Waals surface area contributed by atoms with Crippen LogP contribution in [-0.4, -0.2) is 51.8 Å². The average molecular weight is 513 g/mol. The smallest absolute Gasteiger partial charge is 0.323 e. The Kier molecular flexibility index (Phi) is 8.67. The first-order valence-corrected chi connectivity index (χ1v) is 12.7. The summed E-state index contributed by atoms with van der Waals surface area (Å²) in [7, 11) is 1.68. The molecule has 0 spiro atoms. The first-order valence-electron chi connectivity index (χ1n) is 12.7. The number of ether oxygens (including phenoxy) is 1. The van der Waals surface area contributed by atoms with Crippen LogP contribution in [-0.2, 0) is 0 Å². The van der Waals surface area contributed by atoms with Crippen LogP contribution in [0.15, 0.2) is 66.7 Å². The molecule has 1 saturated heterocycles. The van der Waals surface area contributed by atoms with Crippen molar-refractivity contribution in [1.82, 2.24) is 5.32 Å². The SMILES string of the molecule is CCCNC(=O)c1cc(NC(=O)Nc2cccc(C#N)c2)ccc1N1CCN(c2ccccc2OC)CC1. The molecule has 0 unspecified atom stereocenters. The summed E-state index contributed by atoms with van der Waals surface area (Å²) in [5.41, 5.74) is 3.85. The number of carbonyl (C=O) groups is 2. The van der Waals surface area contributed by atoms with Gasteiger partial charge in [0.2, 0.25) is 0 Å². The zero-order valence-corrected chi connectivity index (χ0v) is 21.7. The van der Waals surface area contributed by atoms with Crippen molar-refractivity contribution in [2.75, 3.05) is 60.3 Å². The highest BCUT2D eigenvalue weighted by Gasteiger charge is 2.23. The second-order valence-corrected chi connectivity index (χ2v) is 8.91. The Morgan fingerprint density at radius 3 is 2.26 bits per heavy atom. The zero-order chi connectivity index (χ0) is 26.9. The number of nitrogens with one attached hydrogen (secondary N) is 3. The van der Waals surface area contributed by atoms with E-state index in [2.05, 4.69) is 37.9 Å². The first kappa shape index (κ1) is 26.4. The van der Waals surface area contributed by atoms with Gasteiger partial charge in [0, 0.05) is 49.8 Å². The van der Waals surface area contributed by atoms with E-state index in [9.17, 15) is 9.59 Å². The molecule has 0 saturated carbocycles. The number of nitrogens with zero attached hydrogens (tertiary/aromatic N) is 3. The topological polar surface area (TPSA) is 110 Å². The molecule has 3 N–H and O–H groups in total. The van der Waals surface area contributed by atoms with E-state index in [0.29, 0.717) is 29.0 Å². The fourth-order valence-corrected chi connectivity index (χ4v) is 4.44. The summed E-state index contributed by atoms with van der Waals surface area (Å²) in [6, 6.07) is 21.6. The van der Waals surface area contributed by atoms with Gasteiger partial charge in [-0.25, -0.2) is 4.79 Å². The van der Waals surface area contributed by atoms with Crippen LogP contribution in [0.3, 0.4) is 0 Å². The molecule has 0 bridgehead atoms. The number of piperazine rings is 1. The van der Waals surface area contributed by atoms with Crippen molar-refractivity contribution in [1.29, 1.82) is 5.26 Å². The van der Waals surface area contributed by atoms with Crippen molar-refractivity contribution in [3.63, 3.8) is 0 Å². The van der Waals surface area contributed by atoms with Crippen molar-refractivity contribution >= 4 is 34.7 Å². The van der Waals surface area contributed by atoms with Crippen molar-refractivity contribution in [2.24, 2.45) is 0 Å². The Morgan fingerprint density at radius 2 is 1.58 bits per heavy atom. The van der Waals surface area contributed by atoms with Crippen LogP contribution in [0, 0.1) is 11.3 Å². The molecule has 1 aliphatic rings. The van der Waals surface area contributed by atoms with E-state index >= 15 is 0 Å². The Morgan fingerprint density at radius 1 is 0.895 bits per heavy atom. The average Bonchev–Trinajstić information content (AvgIpc) is 2.96. The monoisotopic (exact) mass is 512 g/mol. The van der Waals surface area contributed by atoms with E-state index in [-0.39, 0.29) is 5.91 Å². The van der Waals surface area contributed by atoms with Crippen molar-refractivity contribution in [3.05, 3.63) is 77.9 Å². The number of anilines is 4.